The topological polar surface area (TPSA) is 348 Å². The Morgan fingerprint density at radius 1 is 0.731 bits per heavy atom. The largest absolute Gasteiger partial charge is 0.494 e. The summed E-state index contributed by atoms with van der Waals surface area (Å²) in [5, 5.41) is 60.6. The second-order valence-corrected chi connectivity index (χ2v) is 26.8. The molecule has 31 heteroatoms. The Hall–Kier alpha value is -6.54. The number of unbranched alkanes of at least 4 members (excludes halogenated alkanes) is 1. The van der Waals surface area contributed by atoms with E-state index in [1.165, 1.54) is 35.8 Å². The Kier molecular flexibility index (Phi) is 31.9. The molecule has 6 amide bonds. The summed E-state index contributed by atoms with van der Waals surface area (Å²) >= 11 is 4.88. The van der Waals surface area contributed by atoms with Gasteiger partial charge in [-0.1, -0.05) is 18.6 Å². The smallest absolute Gasteiger partial charge is 0.317 e. The third kappa shape index (κ3) is 27.4. The SMILES string of the molecule is N#C[C@H]1CC(F)(F)CN1C(=O)CNC(=O)c1ccnc2ccc(OCCCCC3CCN(C(=O)[C@H](O)CSCCNC(=O)[C@H](CSCCNC(=O)CCCc4ccc(I)cc4)NC(=O)CN4CCN(CC(=O)O)CCN(CC(=O)O)CCN(CC(=O)O)CC4)CC3)cc12. The van der Waals surface area contributed by atoms with Crippen molar-refractivity contribution in [1.29, 1.82) is 5.26 Å². The number of likely N-dealkylation sites (tertiary alicyclic amines) is 2. The second-order valence-electron chi connectivity index (χ2n) is 23.3. The van der Waals surface area contributed by atoms with Gasteiger partial charge in [0.2, 0.25) is 23.6 Å². The van der Waals surface area contributed by atoms with Gasteiger partial charge >= 0.3 is 17.9 Å². The molecule has 1 aromatic heterocycles. The summed E-state index contributed by atoms with van der Waals surface area (Å²) in [5.74, 6) is -7.42. The summed E-state index contributed by atoms with van der Waals surface area (Å²) < 4.78 is 35.0. The van der Waals surface area contributed by atoms with Crippen molar-refractivity contribution in [3.8, 4) is 11.8 Å². The van der Waals surface area contributed by atoms with Crippen LogP contribution in [0.1, 0.15) is 67.3 Å². The fourth-order valence-electron chi connectivity index (χ4n) is 11.0. The molecule has 0 bridgehead atoms. The normalized spacial score (nSPS) is 17.9. The zero-order chi connectivity index (χ0) is 67.3. The number of halogens is 3. The first-order valence-electron chi connectivity index (χ1n) is 31.2. The number of aliphatic carboxylic acids is 3. The summed E-state index contributed by atoms with van der Waals surface area (Å²) in [6.45, 7) is 0.809. The van der Waals surface area contributed by atoms with E-state index < -0.39 is 85.2 Å². The van der Waals surface area contributed by atoms with E-state index in [1.54, 1.807) is 48.8 Å². The second kappa shape index (κ2) is 39.4. The Balaban J connectivity index is 0.922. The highest BCUT2D eigenvalue weighted by atomic mass is 127. The number of nitrogens with zero attached hydrogens (tertiary/aromatic N) is 8. The number of carboxylic acids is 3. The number of rotatable bonds is 34. The number of carbonyl (C=O) groups excluding carboxylic acids is 6. The number of aryl methyl sites for hydroxylation is 1. The lowest BCUT2D eigenvalue weighted by atomic mass is 9.91. The predicted octanol–water partition coefficient (Wildman–Crippen LogP) is 2.16. The van der Waals surface area contributed by atoms with Gasteiger partial charge in [-0.2, -0.15) is 28.8 Å². The molecule has 0 radical (unpaired) electrons. The molecule has 510 valence electrons. The maximum Gasteiger partial charge on any atom is 0.317 e. The van der Waals surface area contributed by atoms with E-state index in [-0.39, 0.29) is 114 Å². The van der Waals surface area contributed by atoms with E-state index in [0.29, 0.717) is 73.2 Å². The molecule has 3 fully saturated rings. The first-order valence-corrected chi connectivity index (χ1v) is 34.6. The van der Waals surface area contributed by atoms with Gasteiger partial charge in [0.15, 0.2) is 0 Å². The van der Waals surface area contributed by atoms with Gasteiger partial charge in [0.05, 0.1) is 63.0 Å². The van der Waals surface area contributed by atoms with E-state index in [0.717, 1.165) is 52.6 Å². The summed E-state index contributed by atoms with van der Waals surface area (Å²) in [5.41, 5.74) is 1.85. The van der Waals surface area contributed by atoms with Crippen molar-refractivity contribution in [2.75, 3.05) is 147 Å². The van der Waals surface area contributed by atoms with E-state index in [1.807, 2.05) is 24.3 Å². The molecule has 3 saturated heterocycles. The molecule has 6 rings (SSSR count). The number of aliphatic hydroxyl groups excluding tert-OH is 1. The van der Waals surface area contributed by atoms with Crippen molar-refractivity contribution < 1.29 is 77.1 Å². The molecule has 0 spiro atoms. The van der Waals surface area contributed by atoms with Crippen LogP contribution in [0.3, 0.4) is 0 Å². The minimum absolute atomic E-state index is 0.0879. The summed E-state index contributed by atoms with van der Waals surface area (Å²) in [4.78, 5) is 128. The van der Waals surface area contributed by atoms with Gasteiger partial charge in [-0.25, -0.2) is 8.78 Å². The summed E-state index contributed by atoms with van der Waals surface area (Å²) in [6, 6.07) is 14.1. The number of nitrogens with one attached hydrogen (secondary N) is 4. The third-order valence-electron chi connectivity index (χ3n) is 16.1. The van der Waals surface area contributed by atoms with Crippen LogP contribution in [0.4, 0.5) is 8.78 Å². The number of carboxylic acid groups (broad SMARTS) is 3. The molecule has 26 nitrogen and oxygen atoms in total. The highest BCUT2D eigenvalue weighted by molar-refractivity contribution is 14.1. The van der Waals surface area contributed by atoms with Crippen LogP contribution < -0.4 is 26.0 Å². The first-order chi connectivity index (χ1) is 44.5. The molecule has 4 heterocycles. The zero-order valence-electron chi connectivity index (χ0n) is 52.0. The number of alkyl halides is 2. The number of aromatic nitrogens is 1. The van der Waals surface area contributed by atoms with Crippen molar-refractivity contribution in [1.82, 2.24) is 55.7 Å². The maximum absolute atomic E-state index is 13.9. The van der Waals surface area contributed by atoms with Crippen LogP contribution in [0.25, 0.3) is 10.9 Å². The number of amides is 6. The molecule has 2 aromatic carbocycles. The molecule has 3 aliphatic rings. The lowest BCUT2D eigenvalue weighted by Gasteiger charge is -2.33. The molecular weight excluding hydrogens is 1370 g/mol. The fourth-order valence-corrected chi connectivity index (χ4v) is 13.1. The van der Waals surface area contributed by atoms with E-state index in [4.69, 9.17) is 4.74 Å². The third-order valence-corrected chi connectivity index (χ3v) is 18.9. The van der Waals surface area contributed by atoms with E-state index >= 15 is 0 Å². The molecule has 3 aromatic rings. The average molecular weight is 1450 g/mol. The molecular formula is C62H85F2IN12O14S2. The van der Waals surface area contributed by atoms with Gasteiger partial charge < -0.3 is 56.2 Å². The van der Waals surface area contributed by atoms with Gasteiger partial charge in [-0.15, -0.1) is 0 Å². The number of carbonyl (C=O) groups is 9. The van der Waals surface area contributed by atoms with Crippen LogP contribution in [0.5, 0.6) is 5.75 Å². The number of piperidine rings is 1. The maximum atomic E-state index is 13.9. The Morgan fingerprint density at radius 3 is 1.92 bits per heavy atom. The summed E-state index contributed by atoms with van der Waals surface area (Å²) in [7, 11) is 0. The number of benzene rings is 2. The first kappa shape index (κ1) is 75.5. The van der Waals surface area contributed by atoms with Gasteiger partial charge in [-0.05, 0) is 109 Å². The Bertz CT molecular complexity index is 3010. The highest BCUT2D eigenvalue weighted by Crippen LogP contribution is 2.32. The number of pyridine rings is 1. The van der Waals surface area contributed by atoms with Crippen LogP contribution in [0, 0.1) is 20.8 Å². The number of hydrogen-bond donors (Lipinski definition) is 8. The van der Waals surface area contributed by atoms with Gasteiger partial charge in [0.25, 0.3) is 17.7 Å². The Morgan fingerprint density at radius 2 is 1.32 bits per heavy atom. The van der Waals surface area contributed by atoms with Crippen molar-refractivity contribution in [3.05, 3.63) is 69.4 Å². The van der Waals surface area contributed by atoms with Crippen LogP contribution >= 0.6 is 46.1 Å². The fraction of sp³-hybridized carbons (Fsp3) is 0.597. The monoisotopic (exact) mass is 1450 g/mol. The van der Waals surface area contributed by atoms with Crippen LogP contribution in [-0.4, -0.2) is 280 Å². The Labute approximate surface area is 561 Å². The van der Waals surface area contributed by atoms with Crippen molar-refractivity contribution in [2.45, 2.75) is 81.9 Å². The quantitative estimate of drug-likeness (QED) is 0.0314. The zero-order valence-corrected chi connectivity index (χ0v) is 55.8. The lowest BCUT2D eigenvalue weighted by molar-refractivity contribution is -0.140. The number of fused-ring (bicyclic) bond motifs is 1. The van der Waals surface area contributed by atoms with Crippen LogP contribution in [0.15, 0.2) is 54.7 Å². The van der Waals surface area contributed by atoms with Gasteiger partial charge in [-0.3, -0.25) is 67.7 Å². The van der Waals surface area contributed by atoms with Gasteiger partial charge in [0.1, 0.15) is 23.9 Å². The number of nitriles is 1. The highest BCUT2D eigenvalue weighted by Gasteiger charge is 2.47. The molecule has 0 saturated carbocycles. The van der Waals surface area contributed by atoms with Crippen LogP contribution in [0.2, 0.25) is 0 Å². The molecule has 3 atom stereocenters. The van der Waals surface area contributed by atoms with Crippen LogP contribution in [-0.2, 0) is 44.8 Å². The summed E-state index contributed by atoms with van der Waals surface area (Å²) in [6.07, 6.45) is 5.22. The predicted molar refractivity (Wildman–Crippen MR) is 353 cm³/mol. The molecule has 0 aliphatic carbocycles. The lowest BCUT2D eigenvalue weighted by Crippen LogP contribution is -2.53. The molecule has 3 aliphatic heterocycles. The number of aliphatic hydroxyl groups is 1. The minimum atomic E-state index is -3.18. The minimum Gasteiger partial charge on any atom is -0.494 e. The number of hydrogen-bond acceptors (Lipinski definition) is 19. The molecule has 0 unspecified atom stereocenters. The van der Waals surface area contributed by atoms with Crippen molar-refractivity contribution in [2.24, 2.45) is 5.92 Å². The molecule has 93 heavy (non-hydrogen) atoms. The molecule has 8 N–H and O–H groups in total. The standard InChI is InChI=1S/C62H85F2IN12O14S2/c63-62(64)33-46(34-66)77(42-62)55(81)35-70-59(88)48-13-16-67-50-12-11-47(32-49(48)50)91-29-2-1-4-44-14-19-76(20-15-44)61(90)52(78)41-93-31-18-69-60(89)51(40-92-30-17-68-53(79)6-3-5-43-7-9-45(65)10-8-43)71-54(80)36-72-21-23-73(37-56(82)83)25-27-75(39-58(86)87)28-26-74(24-22-72)38-57(84)85/h7-13,16,32,44,46,51-52,78H,1-6,14-15,17-31,33,35-42H2,(H,68,79)(H,69,89)(H,70,88)(H,71,80)(H,82,83)(H,84,85)(H,86,87)/t46-,51+,52-/m1/s1. The number of thioether (sulfide) groups is 2. The van der Waals surface area contributed by atoms with E-state index in [9.17, 15) is 77.6 Å². The van der Waals surface area contributed by atoms with Gasteiger partial charge in [0, 0.05) is 130 Å². The average Bonchev–Trinajstić information content (AvgIpc) is 1.76. The number of ether oxygens (including phenoxy) is 1. The van der Waals surface area contributed by atoms with Crippen molar-refractivity contribution in [3.63, 3.8) is 0 Å². The van der Waals surface area contributed by atoms with Crippen molar-refractivity contribution >= 4 is 110 Å². The van der Waals surface area contributed by atoms with E-state index in [2.05, 4.69) is 48.8 Å².